The van der Waals surface area contributed by atoms with Gasteiger partial charge in [-0.3, -0.25) is 19.5 Å². The largest absolute Gasteiger partial charge is 0.355 e. The molecule has 2 fully saturated rings. The monoisotopic (exact) mass is 430 g/mol. The highest BCUT2D eigenvalue weighted by Gasteiger charge is 2.52. The highest BCUT2D eigenvalue weighted by molar-refractivity contribution is 6.04. The Hall–Kier alpha value is -3.42. The molecule has 1 aliphatic carbocycles. The van der Waals surface area contributed by atoms with Crippen LogP contribution < -0.4 is 10.2 Å². The third-order valence-electron chi connectivity index (χ3n) is 6.82. The molecule has 1 N–H and O–H groups in total. The van der Waals surface area contributed by atoms with Gasteiger partial charge < -0.3 is 5.32 Å². The van der Waals surface area contributed by atoms with Crippen molar-refractivity contribution in [2.45, 2.75) is 46.5 Å². The van der Waals surface area contributed by atoms with Crippen LogP contribution in [0.4, 0.5) is 5.82 Å². The highest BCUT2D eigenvalue weighted by Crippen LogP contribution is 2.50. The van der Waals surface area contributed by atoms with Gasteiger partial charge in [0.15, 0.2) is 5.82 Å². The number of allylic oxidation sites excluding steroid dienone is 4. The molecule has 164 valence electrons. The molecule has 2 atom stereocenters. The standard InChI is InChI=1S/C24H26N6O2/c1-13-21(17-7-8-25-22(17)31)29-20(12-26-13)30-19-9-15(16-10-27-14(2)28-11-16)5-6-18(19)24(3,4)23(30)32/h5,9-12,17-18H,6-8H2,1-4H3,(H,25,31). The molecular formula is C24H26N6O2. The number of aryl methyl sites for hydroxylation is 2. The van der Waals surface area contributed by atoms with E-state index in [1.165, 1.54) is 0 Å². The number of aromatic nitrogens is 4. The smallest absolute Gasteiger partial charge is 0.238 e. The number of amides is 2. The van der Waals surface area contributed by atoms with Gasteiger partial charge in [0.2, 0.25) is 11.8 Å². The Labute approximate surface area is 186 Å². The van der Waals surface area contributed by atoms with Crippen molar-refractivity contribution in [3.63, 3.8) is 0 Å². The fourth-order valence-corrected chi connectivity index (χ4v) is 4.85. The normalized spacial score (nSPS) is 24.2. The molecule has 8 nitrogen and oxygen atoms in total. The summed E-state index contributed by atoms with van der Waals surface area (Å²) in [4.78, 5) is 45.5. The Morgan fingerprint density at radius 2 is 1.84 bits per heavy atom. The van der Waals surface area contributed by atoms with Crippen molar-refractivity contribution in [2.24, 2.45) is 11.3 Å². The SMILES string of the molecule is Cc1ncc(C2=CCC3C(=C2)N(c2cnc(C)c(C4CCNC4=O)n2)C(=O)C3(C)C)cn1. The van der Waals surface area contributed by atoms with E-state index in [1.54, 1.807) is 23.5 Å². The van der Waals surface area contributed by atoms with Crippen LogP contribution in [0.3, 0.4) is 0 Å². The Kier molecular flexibility index (Phi) is 4.69. The van der Waals surface area contributed by atoms with Crippen LogP contribution in [0.25, 0.3) is 5.57 Å². The van der Waals surface area contributed by atoms with Crippen molar-refractivity contribution < 1.29 is 9.59 Å². The van der Waals surface area contributed by atoms with Crippen molar-refractivity contribution >= 4 is 23.2 Å². The topological polar surface area (TPSA) is 101 Å². The van der Waals surface area contributed by atoms with Gasteiger partial charge in [-0.15, -0.1) is 0 Å². The van der Waals surface area contributed by atoms with Crippen LogP contribution in [-0.4, -0.2) is 38.3 Å². The van der Waals surface area contributed by atoms with Gasteiger partial charge in [-0.1, -0.05) is 19.9 Å². The van der Waals surface area contributed by atoms with Gasteiger partial charge >= 0.3 is 0 Å². The first-order chi connectivity index (χ1) is 15.3. The molecular weight excluding hydrogens is 404 g/mol. The fraction of sp³-hybridized carbons (Fsp3) is 0.417. The number of carbonyl (C=O) groups is 2. The molecule has 0 aromatic carbocycles. The van der Waals surface area contributed by atoms with Gasteiger partial charge in [0.05, 0.1) is 28.9 Å². The Bertz CT molecular complexity index is 1180. The van der Waals surface area contributed by atoms with Crippen molar-refractivity contribution in [1.82, 2.24) is 25.3 Å². The lowest BCUT2D eigenvalue weighted by Crippen LogP contribution is -2.32. The average molecular weight is 431 g/mol. The van der Waals surface area contributed by atoms with Crippen LogP contribution in [-0.2, 0) is 9.59 Å². The van der Waals surface area contributed by atoms with E-state index in [1.807, 2.05) is 33.8 Å². The van der Waals surface area contributed by atoms with Crippen molar-refractivity contribution in [3.05, 3.63) is 59.2 Å². The number of hydrogen-bond acceptors (Lipinski definition) is 6. The zero-order valence-electron chi connectivity index (χ0n) is 18.7. The molecule has 3 aliphatic rings. The van der Waals surface area contributed by atoms with Gasteiger partial charge in [-0.2, -0.15) is 0 Å². The lowest BCUT2D eigenvalue weighted by atomic mass is 9.75. The number of rotatable bonds is 3. The molecule has 4 heterocycles. The molecule has 5 rings (SSSR count). The van der Waals surface area contributed by atoms with Crippen LogP contribution in [0.5, 0.6) is 0 Å². The number of fused-ring (bicyclic) bond motifs is 1. The molecule has 2 amide bonds. The zero-order chi connectivity index (χ0) is 22.6. The average Bonchev–Trinajstić information content (AvgIpc) is 3.28. The summed E-state index contributed by atoms with van der Waals surface area (Å²) in [5.41, 5.74) is 3.59. The van der Waals surface area contributed by atoms with Crippen LogP contribution in [0.2, 0.25) is 0 Å². The van der Waals surface area contributed by atoms with E-state index >= 15 is 0 Å². The molecule has 2 unspecified atom stereocenters. The van der Waals surface area contributed by atoms with E-state index in [0.29, 0.717) is 36.0 Å². The van der Waals surface area contributed by atoms with Crippen LogP contribution in [0, 0.1) is 25.2 Å². The maximum atomic E-state index is 13.6. The summed E-state index contributed by atoms with van der Waals surface area (Å²) < 4.78 is 0. The minimum absolute atomic E-state index is 0.0106. The molecule has 8 heteroatoms. The van der Waals surface area contributed by atoms with E-state index in [9.17, 15) is 9.59 Å². The number of carbonyl (C=O) groups excluding carboxylic acids is 2. The summed E-state index contributed by atoms with van der Waals surface area (Å²) >= 11 is 0. The zero-order valence-corrected chi connectivity index (χ0v) is 18.7. The number of hydrogen-bond donors (Lipinski definition) is 1. The quantitative estimate of drug-likeness (QED) is 0.804. The van der Waals surface area contributed by atoms with E-state index in [4.69, 9.17) is 4.98 Å². The molecule has 0 saturated carbocycles. The summed E-state index contributed by atoms with van der Waals surface area (Å²) in [5.74, 6) is 0.845. The molecule has 2 aliphatic heterocycles. The van der Waals surface area contributed by atoms with Crippen molar-refractivity contribution in [1.29, 1.82) is 0 Å². The van der Waals surface area contributed by atoms with E-state index < -0.39 is 5.41 Å². The minimum atomic E-state index is -0.574. The van der Waals surface area contributed by atoms with Crippen LogP contribution >= 0.6 is 0 Å². The molecule has 0 radical (unpaired) electrons. The molecule has 2 aromatic heterocycles. The van der Waals surface area contributed by atoms with E-state index in [0.717, 1.165) is 23.3 Å². The molecule has 0 bridgehead atoms. The van der Waals surface area contributed by atoms with E-state index in [-0.39, 0.29) is 23.7 Å². The Balaban J connectivity index is 1.58. The summed E-state index contributed by atoms with van der Waals surface area (Å²) in [6.07, 6.45) is 10.9. The summed E-state index contributed by atoms with van der Waals surface area (Å²) in [6, 6.07) is 0. The molecule has 2 aromatic rings. The minimum Gasteiger partial charge on any atom is -0.355 e. The van der Waals surface area contributed by atoms with Crippen molar-refractivity contribution in [3.8, 4) is 0 Å². The van der Waals surface area contributed by atoms with Gasteiger partial charge in [-0.05, 0) is 38.3 Å². The molecule has 0 spiro atoms. The predicted octanol–water partition coefficient (Wildman–Crippen LogP) is 2.85. The van der Waals surface area contributed by atoms with Crippen molar-refractivity contribution in [2.75, 3.05) is 11.4 Å². The first kappa shape index (κ1) is 20.5. The highest BCUT2D eigenvalue weighted by atomic mass is 16.2. The summed E-state index contributed by atoms with van der Waals surface area (Å²) in [7, 11) is 0. The van der Waals surface area contributed by atoms with Crippen LogP contribution in [0.15, 0.2) is 36.4 Å². The maximum absolute atomic E-state index is 13.6. The second-order valence-electron chi connectivity index (χ2n) is 9.23. The second kappa shape index (κ2) is 7.32. The number of anilines is 1. The molecule has 32 heavy (non-hydrogen) atoms. The third kappa shape index (κ3) is 3.13. The Morgan fingerprint density at radius 1 is 1.09 bits per heavy atom. The van der Waals surface area contributed by atoms with Gasteiger partial charge in [0, 0.05) is 36.1 Å². The fourth-order valence-electron chi connectivity index (χ4n) is 4.85. The summed E-state index contributed by atoms with van der Waals surface area (Å²) in [5, 5.41) is 2.86. The number of nitrogens with zero attached hydrogens (tertiary/aromatic N) is 5. The van der Waals surface area contributed by atoms with Crippen LogP contribution in [0.1, 0.15) is 55.4 Å². The number of nitrogens with one attached hydrogen (secondary N) is 1. The third-order valence-corrected chi connectivity index (χ3v) is 6.82. The maximum Gasteiger partial charge on any atom is 0.238 e. The second-order valence-corrected chi connectivity index (χ2v) is 9.23. The van der Waals surface area contributed by atoms with Gasteiger partial charge in [0.25, 0.3) is 0 Å². The van der Waals surface area contributed by atoms with E-state index in [2.05, 4.69) is 26.3 Å². The predicted molar refractivity (Wildman–Crippen MR) is 119 cm³/mol. The summed E-state index contributed by atoms with van der Waals surface area (Å²) in [6.45, 7) is 8.30. The van der Waals surface area contributed by atoms with Gasteiger partial charge in [-0.25, -0.2) is 15.0 Å². The van der Waals surface area contributed by atoms with Gasteiger partial charge in [0.1, 0.15) is 5.82 Å². The lowest BCUT2D eigenvalue weighted by molar-refractivity contribution is -0.125. The first-order valence-electron chi connectivity index (χ1n) is 10.9. The molecule has 2 saturated heterocycles. The Morgan fingerprint density at radius 3 is 2.53 bits per heavy atom. The lowest BCUT2D eigenvalue weighted by Gasteiger charge is -2.26. The first-order valence-corrected chi connectivity index (χ1v) is 10.9.